The van der Waals surface area contributed by atoms with Gasteiger partial charge in [0.15, 0.2) is 5.58 Å². The van der Waals surface area contributed by atoms with Gasteiger partial charge in [0.25, 0.3) is 0 Å². The zero-order chi connectivity index (χ0) is 12.4. The second kappa shape index (κ2) is 4.34. The Morgan fingerprint density at radius 1 is 1.06 bits per heavy atom. The van der Waals surface area contributed by atoms with Gasteiger partial charge in [-0.2, -0.15) is 5.26 Å². The van der Waals surface area contributed by atoms with Crippen LogP contribution in [0.5, 0.6) is 0 Å². The van der Waals surface area contributed by atoms with Gasteiger partial charge in [0.1, 0.15) is 5.52 Å². The monoisotopic (exact) mass is 234 g/mol. The summed E-state index contributed by atoms with van der Waals surface area (Å²) in [7, 11) is 0. The lowest BCUT2D eigenvalue weighted by molar-refractivity contribution is 0.616. The number of nitrogens with zero attached hydrogens (tertiary/aromatic N) is 2. The van der Waals surface area contributed by atoms with Crippen molar-refractivity contribution in [1.29, 1.82) is 5.26 Å². The Labute approximate surface area is 104 Å². The summed E-state index contributed by atoms with van der Waals surface area (Å²) in [6.07, 6.45) is 0.334. The van der Waals surface area contributed by atoms with Crippen LogP contribution in [0.2, 0.25) is 0 Å². The summed E-state index contributed by atoms with van der Waals surface area (Å²) >= 11 is 0. The highest BCUT2D eigenvalue weighted by Gasteiger charge is 2.10. The van der Waals surface area contributed by atoms with Crippen LogP contribution in [-0.2, 0) is 6.42 Å². The first kappa shape index (κ1) is 10.5. The third kappa shape index (κ3) is 1.74. The second-order valence-electron chi connectivity index (χ2n) is 3.99. The van der Waals surface area contributed by atoms with Crippen LogP contribution in [-0.4, -0.2) is 4.98 Å². The molecule has 0 aliphatic carbocycles. The molecule has 0 radical (unpaired) electrons. The van der Waals surface area contributed by atoms with Gasteiger partial charge in [0.2, 0.25) is 5.89 Å². The van der Waals surface area contributed by atoms with E-state index in [2.05, 4.69) is 11.1 Å². The van der Waals surface area contributed by atoms with Crippen LogP contribution in [0, 0.1) is 11.3 Å². The molecule has 1 aromatic heterocycles. The van der Waals surface area contributed by atoms with E-state index in [4.69, 9.17) is 9.68 Å². The molecule has 0 spiro atoms. The van der Waals surface area contributed by atoms with Crippen molar-refractivity contribution in [2.75, 3.05) is 0 Å². The van der Waals surface area contributed by atoms with Crippen LogP contribution in [0.25, 0.3) is 22.6 Å². The number of nitriles is 1. The normalized spacial score (nSPS) is 10.4. The summed E-state index contributed by atoms with van der Waals surface area (Å²) < 4.78 is 5.78. The van der Waals surface area contributed by atoms with Crippen LogP contribution in [0.15, 0.2) is 52.9 Å². The number of aromatic nitrogens is 1. The summed E-state index contributed by atoms with van der Waals surface area (Å²) in [4.78, 5) is 4.45. The molecule has 1 heterocycles. The minimum absolute atomic E-state index is 0.334. The van der Waals surface area contributed by atoms with E-state index in [-0.39, 0.29) is 0 Å². The largest absolute Gasteiger partial charge is 0.436 e. The number of hydrogen-bond acceptors (Lipinski definition) is 3. The highest BCUT2D eigenvalue weighted by Crippen LogP contribution is 2.26. The fourth-order valence-electron chi connectivity index (χ4n) is 1.93. The summed E-state index contributed by atoms with van der Waals surface area (Å²) in [6, 6.07) is 17.6. The molecule has 18 heavy (non-hydrogen) atoms. The number of rotatable bonds is 2. The Morgan fingerprint density at radius 2 is 1.89 bits per heavy atom. The Balaban J connectivity index is 2.18. The summed E-state index contributed by atoms with van der Waals surface area (Å²) in [5, 5.41) is 8.79. The molecule has 0 saturated heterocycles. The van der Waals surface area contributed by atoms with Gasteiger partial charge in [0, 0.05) is 11.1 Å². The summed E-state index contributed by atoms with van der Waals surface area (Å²) in [5.74, 6) is 0.594. The predicted octanol–water partition coefficient (Wildman–Crippen LogP) is 3.56. The van der Waals surface area contributed by atoms with Crippen LogP contribution >= 0.6 is 0 Å². The van der Waals surface area contributed by atoms with Crippen LogP contribution < -0.4 is 0 Å². The van der Waals surface area contributed by atoms with E-state index in [1.54, 1.807) is 0 Å². The number of fused-ring (bicyclic) bond motifs is 1. The van der Waals surface area contributed by atoms with E-state index in [1.807, 2.05) is 48.5 Å². The average molecular weight is 234 g/mol. The molecule has 3 nitrogen and oxygen atoms in total. The van der Waals surface area contributed by atoms with Gasteiger partial charge in [-0.1, -0.05) is 30.3 Å². The predicted molar refractivity (Wildman–Crippen MR) is 68.8 cm³/mol. The number of hydrogen-bond donors (Lipinski definition) is 0. The van der Waals surface area contributed by atoms with Gasteiger partial charge in [-0.25, -0.2) is 4.98 Å². The molecule has 0 saturated carbocycles. The Hall–Kier alpha value is -2.60. The van der Waals surface area contributed by atoms with Gasteiger partial charge >= 0.3 is 0 Å². The van der Waals surface area contributed by atoms with E-state index in [0.29, 0.717) is 17.9 Å². The van der Waals surface area contributed by atoms with Crippen molar-refractivity contribution in [1.82, 2.24) is 4.98 Å². The quantitative estimate of drug-likeness (QED) is 0.681. The minimum Gasteiger partial charge on any atom is -0.436 e. The van der Waals surface area contributed by atoms with Crippen molar-refractivity contribution in [2.45, 2.75) is 6.42 Å². The number of oxazole rings is 1. The molecule has 3 aromatic rings. The molecule has 3 rings (SSSR count). The van der Waals surface area contributed by atoms with E-state index in [0.717, 1.165) is 16.6 Å². The molecule has 0 N–H and O–H groups in total. The van der Waals surface area contributed by atoms with Gasteiger partial charge in [-0.3, -0.25) is 0 Å². The molecule has 3 heteroatoms. The smallest absolute Gasteiger partial charge is 0.227 e. The first-order chi connectivity index (χ1) is 8.88. The summed E-state index contributed by atoms with van der Waals surface area (Å²) in [6.45, 7) is 0. The Kier molecular flexibility index (Phi) is 2.54. The van der Waals surface area contributed by atoms with Crippen molar-refractivity contribution in [3.8, 4) is 17.5 Å². The number of para-hydroxylation sites is 1. The lowest BCUT2D eigenvalue weighted by Gasteiger charge is -1.94. The third-order valence-electron chi connectivity index (χ3n) is 2.79. The van der Waals surface area contributed by atoms with Crippen molar-refractivity contribution in [3.63, 3.8) is 0 Å². The SMILES string of the molecule is N#CCc1cccc2nc(-c3ccccc3)oc12. The average Bonchev–Trinajstić information content (AvgIpc) is 2.85. The first-order valence-corrected chi connectivity index (χ1v) is 5.69. The zero-order valence-corrected chi connectivity index (χ0v) is 9.63. The maximum Gasteiger partial charge on any atom is 0.227 e. The highest BCUT2D eigenvalue weighted by molar-refractivity contribution is 5.79. The molecule has 0 unspecified atom stereocenters. The topological polar surface area (TPSA) is 49.8 Å². The zero-order valence-electron chi connectivity index (χ0n) is 9.63. The van der Waals surface area contributed by atoms with E-state index in [1.165, 1.54) is 0 Å². The van der Waals surface area contributed by atoms with Crippen LogP contribution in [0.1, 0.15) is 5.56 Å². The molecule has 0 aliphatic rings. The van der Waals surface area contributed by atoms with Crippen molar-refractivity contribution >= 4 is 11.1 Å². The van der Waals surface area contributed by atoms with E-state index in [9.17, 15) is 0 Å². The molecule has 0 bridgehead atoms. The van der Waals surface area contributed by atoms with Gasteiger partial charge < -0.3 is 4.42 Å². The Bertz CT molecular complexity index is 723. The molecule has 0 amide bonds. The summed E-state index contributed by atoms with van der Waals surface area (Å²) in [5.41, 5.74) is 3.32. The second-order valence-corrected chi connectivity index (χ2v) is 3.99. The van der Waals surface area contributed by atoms with Crippen molar-refractivity contribution in [2.24, 2.45) is 0 Å². The first-order valence-electron chi connectivity index (χ1n) is 5.69. The molecule has 0 atom stereocenters. The van der Waals surface area contributed by atoms with E-state index < -0.39 is 0 Å². The lowest BCUT2D eigenvalue weighted by Crippen LogP contribution is -1.81. The lowest BCUT2D eigenvalue weighted by atomic mass is 10.1. The maximum atomic E-state index is 8.79. The molecule has 2 aromatic carbocycles. The fraction of sp³-hybridized carbons (Fsp3) is 0.0667. The highest BCUT2D eigenvalue weighted by atomic mass is 16.3. The molecule has 86 valence electrons. The Morgan fingerprint density at radius 3 is 2.67 bits per heavy atom. The molecular weight excluding hydrogens is 224 g/mol. The maximum absolute atomic E-state index is 8.79. The standard InChI is InChI=1S/C15H10N2O/c16-10-9-11-7-4-8-13-14(11)18-15(17-13)12-5-2-1-3-6-12/h1-8H,9H2. The van der Waals surface area contributed by atoms with Crippen molar-refractivity contribution in [3.05, 3.63) is 54.1 Å². The molecule has 0 fully saturated rings. The fourth-order valence-corrected chi connectivity index (χ4v) is 1.93. The van der Waals surface area contributed by atoms with Crippen LogP contribution in [0.3, 0.4) is 0 Å². The minimum atomic E-state index is 0.334. The van der Waals surface area contributed by atoms with Crippen LogP contribution in [0.4, 0.5) is 0 Å². The van der Waals surface area contributed by atoms with Gasteiger partial charge in [-0.15, -0.1) is 0 Å². The van der Waals surface area contributed by atoms with Gasteiger partial charge in [-0.05, 0) is 18.2 Å². The van der Waals surface area contributed by atoms with Crippen molar-refractivity contribution < 1.29 is 4.42 Å². The third-order valence-corrected chi connectivity index (χ3v) is 2.79. The number of benzene rings is 2. The van der Waals surface area contributed by atoms with Gasteiger partial charge in [0.05, 0.1) is 12.5 Å². The molecule has 0 aliphatic heterocycles. The van der Waals surface area contributed by atoms with E-state index >= 15 is 0 Å². The molecular formula is C15H10N2O.